The van der Waals surface area contributed by atoms with Gasteiger partial charge in [0.2, 0.25) is 0 Å². The van der Waals surface area contributed by atoms with Crippen molar-refractivity contribution in [2.45, 2.75) is 30.6 Å². The quantitative estimate of drug-likeness (QED) is 0.247. The molecule has 0 saturated carbocycles. The van der Waals surface area contributed by atoms with Crippen LogP contribution in [0.15, 0.2) is 35.2 Å². The number of hydrogen-bond donors (Lipinski definition) is 2. The van der Waals surface area contributed by atoms with E-state index >= 15 is 0 Å². The smallest absolute Gasteiger partial charge is 0.295 e. The maximum absolute atomic E-state index is 11.9. The average Bonchev–Trinajstić information content (AvgIpc) is 2.62. The fourth-order valence-corrected chi connectivity index (χ4v) is 4.14. The molecule has 0 amide bonds. The Kier molecular flexibility index (Phi) is 8.66. The van der Waals surface area contributed by atoms with Gasteiger partial charge in [0.05, 0.1) is 12.3 Å². The fraction of sp³-hybridized carbons (Fsp3) is 0.444. The maximum Gasteiger partial charge on any atom is 0.295 e. The Morgan fingerprint density at radius 1 is 1.00 bits per heavy atom. The van der Waals surface area contributed by atoms with E-state index in [2.05, 4.69) is 37.2 Å². The van der Waals surface area contributed by atoms with Gasteiger partial charge < -0.3 is 10.1 Å². The summed E-state index contributed by atoms with van der Waals surface area (Å²) in [5.41, 5.74) is 0.765. The van der Waals surface area contributed by atoms with Crippen molar-refractivity contribution in [3.8, 4) is 5.75 Å². The second-order valence-corrected chi connectivity index (χ2v) is 8.81. The van der Waals surface area contributed by atoms with E-state index in [1.165, 1.54) is 6.07 Å². The van der Waals surface area contributed by atoms with Crippen molar-refractivity contribution in [3.05, 3.63) is 30.3 Å². The normalized spacial score (nSPS) is 11.7. The van der Waals surface area contributed by atoms with E-state index in [0.29, 0.717) is 17.7 Å². The molecule has 144 valence electrons. The Hall–Kier alpha value is -0.830. The molecule has 8 heteroatoms. The predicted molar refractivity (Wildman–Crippen MR) is 114 cm³/mol. The second-order valence-electron chi connectivity index (χ2n) is 5.84. The lowest BCUT2D eigenvalue weighted by Crippen LogP contribution is -2.08. The average molecular weight is 509 g/mol. The summed E-state index contributed by atoms with van der Waals surface area (Å²) in [5.74, 6) is 0.449. The van der Waals surface area contributed by atoms with Gasteiger partial charge in [0.25, 0.3) is 10.1 Å². The molecule has 26 heavy (non-hydrogen) atoms. The number of halogens is 2. The summed E-state index contributed by atoms with van der Waals surface area (Å²) in [5, 5.41) is 6.40. The number of ether oxygens (including phenoxy) is 1. The molecule has 2 N–H and O–H groups in total. The van der Waals surface area contributed by atoms with Gasteiger partial charge in [0, 0.05) is 34.0 Å². The molecule has 0 fully saturated rings. The molecule has 2 rings (SSSR count). The summed E-state index contributed by atoms with van der Waals surface area (Å²) in [6.07, 6.45) is 3.83. The van der Waals surface area contributed by atoms with Crippen LogP contribution < -0.4 is 10.1 Å². The minimum atomic E-state index is -4.35. The Labute approximate surface area is 171 Å². The maximum atomic E-state index is 11.9. The molecule has 0 aromatic heterocycles. The van der Waals surface area contributed by atoms with Crippen LogP contribution in [0.4, 0.5) is 5.69 Å². The summed E-state index contributed by atoms with van der Waals surface area (Å²) < 4.78 is 39.2. The monoisotopic (exact) mass is 507 g/mol. The van der Waals surface area contributed by atoms with Crippen LogP contribution in [0.1, 0.15) is 25.7 Å². The topological polar surface area (TPSA) is 75.6 Å². The van der Waals surface area contributed by atoms with Crippen molar-refractivity contribution in [2.75, 3.05) is 29.1 Å². The van der Waals surface area contributed by atoms with Gasteiger partial charge in [-0.05, 0) is 25.7 Å². The first-order valence-corrected chi connectivity index (χ1v) is 12.2. The zero-order valence-electron chi connectivity index (χ0n) is 14.4. The van der Waals surface area contributed by atoms with Gasteiger partial charge in [-0.1, -0.05) is 56.1 Å². The lowest BCUT2D eigenvalue weighted by molar-refractivity contribution is 0.311. The van der Waals surface area contributed by atoms with E-state index in [9.17, 15) is 13.0 Å². The van der Waals surface area contributed by atoms with E-state index in [1.54, 1.807) is 12.1 Å². The lowest BCUT2D eigenvalue weighted by Gasteiger charge is -2.18. The highest BCUT2D eigenvalue weighted by atomic mass is 79.9. The van der Waals surface area contributed by atoms with Crippen molar-refractivity contribution in [3.63, 3.8) is 0 Å². The third-order valence-electron chi connectivity index (χ3n) is 3.90. The van der Waals surface area contributed by atoms with Gasteiger partial charge in [0.1, 0.15) is 10.6 Å². The molecular formula is C18H23Br2NO4S. The van der Waals surface area contributed by atoms with Gasteiger partial charge in [-0.2, -0.15) is 8.42 Å². The molecule has 0 radical (unpaired) electrons. The molecule has 2 aromatic rings. The number of unbranched alkanes of at least 4 members (excludes halogenated alkanes) is 2. The molecule has 0 atom stereocenters. The lowest BCUT2D eigenvalue weighted by atomic mass is 10.1. The van der Waals surface area contributed by atoms with Crippen LogP contribution in [0.25, 0.3) is 10.8 Å². The van der Waals surface area contributed by atoms with Crippen LogP contribution >= 0.6 is 31.9 Å². The summed E-state index contributed by atoms with van der Waals surface area (Å²) in [6.45, 7) is 1.23. The summed E-state index contributed by atoms with van der Waals surface area (Å²) in [6, 6.07) is 8.54. The van der Waals surface area contributed by atoms with Gasteiger partial charge >= 0.3 is 0 Å². The first-order chi connectivity index (χ1) is 12.5. The minimum absolute atomic E-state index is 0.130. The molecule has 0 spiro atoms. The Morgan fingerprint density at radius 3 is 2.31 bits per heavy atom. The number of benzene rings is 2. The molecule has 0 unspecified atom stereocenters. The van der Waals surface area contributed by atoms with Crippen molar-refractivity contribution in [1.29, 1.82) is 0 Å². The Bertz CT molecular complexity index is 827. The van der Waals surface area contributed by atoms with Gasteiger partial charge in [-0.25, -0.2) is 0 Å². The summed E-state index contributed by atoms with van der Waals surface area (Å²) >= 11 is 6.80. The number of rotatable bonds is 11. The van der Waals surface area contributed by atoms with E-state index in [1.807, 2.05) is 12.1 Å². The molecule has 0 aliphatic carbocycles. The second kappa shape index (κ2) is 10.5. The molecule has 0 saturated heterocycles. The van der Waals surface area contributed by atoms with Crippen LogP contribution in [0.5, 0.6) is 5.75 Å². The largest absolute Gasteiger partial charge is 0.491 e. The van der Waals surface area contributed by atoms with Crippen LogP contribution in [0.2, 0.25) is 0 Å². The third kappa shape index (κ3) is 5.84. The van der Waals surface area contributed by atoms with Gasteiger partial charge in [0.15, 0.2) is 0 Å². The Morgan fingerprint density at radius 2 is 1.65 bits per heavy atom. The minimum Gasteiger partial charge on any atom is -0.491 e. The standard InChI is InChI=1S/C18H23Br2NO4S/c19-9-3-5-11-21-18-15-8-2-1-7-14(15)17(26(22,23)24)13-16(18)25-12-6-4-10-20/h1-2,7-8,13,21H,3-6,9-12H2,(H,22,23,24). The van der Waals surface area contributed by atoms with E-state index in [0.717, 1.165) is 54.0 Å². The fourth-order valence-electron chi connectivity index (χ4n) is 2.64. The number of anilines is 1. The van der Waals surface area contributed by atoms with Gasteiger partial charge in [-0.3, -0.25) is 4.55 Å². The molecule has 0 heterocycles. The van der Waals surface area contributed by atoms with Crippen LogP contribution in [-0.4, -0.2) is 36.8 Å². The van der Waals surface area contributed by atoms with Crippen molar-refractivity contribution in [2.24, 2.45) is 0 Å². The molecule has 5 nitrogen and oxygen atoms in total. The highest BCUT2D eigenvalue weighted by Gasteiger charge is 2.20. The molecule has 0 aliphatic rings. The molecule has 0 bridgehead atoms. The van der Waals surface area contributed by atoms with E-state index in [-0.39, 0.29) is 4.90 Å². The SMILES string of the molecule is O=S(=O)(O)c1cc(OCCCCBr)c(NCCCCBr)c2ccccc12. The zero-order chi connectivity index (χ0) is 19.0. The van der Waals surface area contributed by atoms with Crippen molar-refractivity contribution < 1.29 is 17.7 Å². The number of fused-ring (bicyclic) bond motifs is 1. The zero-order valence-corrected chi connectivity index (χ0v) is 18.4. The van der Waals surface area contributed by atoms with Gasteiger partial charge in [-0.15, -0.1) is 0 Å². The molecule has 2 aromatic carbocycles. The summed E-state index contributed by atoms with van der Waals surface area (Å²) in [4.78, 5) is -0.130. The first-order valence-electron chi connectivity index (χ1n) is 8.51. The number of alkyl halides is 2. The van der Waals surface area contributed by atoms with Crippen molar-refractivity contribution >= 4 is 58.4 Å². The molecular weight excluding hydrogens is 486 g/mol. The Balaban J connectivity index is 2.45. The third-order valence-corrected chi connectivity index (χ3v) is 5.91. The number of hydrogen-bond acceptors (Lipinski definition) is 4. The van der Waals surface area contributed by atoms with Crippen molar-refractivity contribution in [1.82, 2.24) is 0 Å². The highest BCUT2D eigenvalue weighted by molar-refractivity contribution is 9.09. The highest BCUT2D eigenvalue weighted by Crippen LogP contribution is 2.38. The number of nitrogens with one attached hydrogen (secondary N) is 1. The predicted octanol–water partition coefficient (Wildman–Crippen LogP) is 5.23. The first kappa shape index (κ1) is 21.5. The van der Waals surface area contributed by atoms with Crippen LogP contribution in [0.3, 0.4) is 0 Å². The molecule has 0 aliphatic heterocycles. The van der Waals surface area contributed by atoms with Crippen LogP contribution in [-0.2, 0) is 10.1 Å². The van der Waals surface area contributed by atoms with E-state index < -0.39 is 10.1 Å². The summed E-state index contributed by atoms with van der Waals surface area (Å²) in [7, 11) is -4.35. The van der Waals surface area contributed by atoms with Crippen LogP contribution in [0, 0.1) is 0 Å². The van der Waals surface area contributed by atoms with E-state index in [4.69, 9.17) is 4.74 Å².